The van der Waals surface area contributed by atoms with E-state index >= 15 is 0 Å². The van der Waals surface area contributed by atoms with Gasteiger partial charge < -0.3 is 14.5 Å². The molecule has 6 nitrogen and oxygen atoms in total. The van der Waals surface area contributed by atoms with Crippen LogP contribution in [0.5, 0.6) is 5.75 Å². The average molecular weight is 448 g/mol. The molecule has 164 valence electrons. The number of furan rings is 1. The summed E-state index contributed by atoms with van der Waals surface area (Å²) in [6.45, 7) is 2.59. The van der Waals surface area contributed by atoms with Gasteiger partial charge in [0.05, 0.1) is 23.4 Å². The van der Waals surface area contributed by atoms with E-state index in [1.54, 1.807) is 24.5 Å². The number of benzene rings is 2. The van der Waals surface area contributed by atoms with Gasteiger partial charge in [0.1, 0.15) is 5.75 Å². The van der Waals surface area contributed by atoms with Gasteiger partial charge in [0, 0.05) is 6.54 Å². The van der Waals surface area contributed by atoms with Crippen LogP contribution in [0, 0.1) is 0 Å². The van der Waals surface area contributed by atoms with Crippen molar-refractivity contribution in [2.45, 2.75) is 18.9 Å². The quantitative estimate of drug-likeness (QED) is 0.425. The van der Waals surface area contributed by atoms with Crippen LogP contribution in [0.4, 0.5) is 0 Å². The maximum atomic E-state index is 12.9. The number of carbonyl (C=O) groups excluding carboxylic acids is 1. The van der Waals surface area contributed by atoms with Crippen molar-refractivity contribution < 1.29 is 13.9 Å². The second-order valence-corrected chi connectivity index (χ2v) is 8.92. The Labute approximate surface area is 190 Å². The van der Waals surface area contributed by atoms with E-state index in [4.69, 9.17) is 9.15 Å². The van der Waals surface area contributed by atoms with Crippen molar-refractivity contribution in [3.63, 3.8) is 0 Å². The standard InChI is InChI=1S/C25H25N3O3S/c1-30-18-10-8-17(9-11-18)20(28-14-4-5-15-28)16-26-24(29)21-12-13-22(31-21)25-27-19-6-2-3-7-23(19)32-25/h2-3,6-13,20H,4-5,14-16H2,1H3,(H,26,29)/t20-/m0/s1. The first-order valence-corrected chi connectivity index (χ1v) is 11.6. The van der Waals surface area contributed by atoms with Gasteiger partial charge in [-0.05, 0) is 67.9 Å². The summed E-state index contributed by atoms with van der Waals surface area (Å²) in [5.74, 6) is 1.53. The van der Waals surface area contributed by atoms with Crippen LogP contribution >= 0.6 is 11.3 Å². The molecule has 2 aromatic carbocycles. The highest BCUT2D eigenvalue weighted by Crippen LogP contribution is 2.31. The van der Waals surface area contributed by atoms with Gasteiger partial charge in [-0.1, -0.05) is 24.3 Å². The molecule has 1 saturated heterocycles. The van der Waals surface area contributed by atoms with E-state index in [0.29, 0.717) is 18.1 Å². The highest BCUT2D eigenvalue weighted by atomic mass is 32.1. The molecule has 3 heterocycles. The summed E-state index contributed by atoms with van der Waals surface area (Å²) in [6, 6.07) is 19.7. The number of hydrogen-bond acceptors (Lipinski definition) is 6. The van der Waals surface area contributed by atoms with Crippen LogP contribution in [-0.4, -0.2) is 42.5 Å². The summed E-state index contributed by atoms with van der Waals surface area (Å²) in [5, 5.41) is 3.85. The molecule has 0 aliphatic carbocycles. The van der Waals surface area contributed by atoms with E-state index in [-0.39, 0.29) is 11.9 Å². The highest BCUT2D eigenvalue weighted by molar-refractivity contribution is 7.21. The minimum absolute atomic E-state index is 0.117. The van der Waals surface area contributed by atoms with E-state index in [0.717, 1.165) is 34.1 Å². The maximum absolute atomic E-state index is 12.9. The summed E-state index contributed by atoms with van der Waals surface area (Å²) < 4.78 is 12.2. The molecule has 1 atom stereocenters. The van der Waals surface area contributed by atoms with E-state index in [1.807, 2.05) is 42.5 Å². The lowest BCUT2D eigenvalue weighted by molar-refractivity contribution is 0.0911. The fourth-order valence-corrected chi connectivity index (χ4v) is 5.09. The Balaban J connectivity index is 1.30. The number of carbonyl (C=O) groups is 1. The third-order valence-electron chi connectivity index (χ3n) is 5.87. The van der Waals surface area contributed by atoms with Crippen LogP contribution in [0.25, 0.3) is 21.0 Å². The second-order valence-electron chi connectivity index (χ2n) is 7.89. The van der Waals surface area contributed by atoms with Gasteiger partial charge in [-0.25, -0.2) is 4.98 Å². The third kappa shape index (κ3) is 4.26. The van der Waals surface area contributed by atoms with Crippen molar-refractivity contribution in [3.05, 3.63) is 72.0 Å². The first-order valence-electron chi connectivity index (χ1n) is 10.8. The van der Waals surface area contributed by atoms with Gasteiger partial charge in [-0.3, -0.25) is 9.69 Å². The molecule has 7 heteroatoms. The molecular weight excluding hydrogens is 422 g/mol. The number of para-hydroxylation sites is 1. The van der Waals surface area contributed by atoms with Crippen molar-refractivity contribution >= 4 is 27.5 Å². The molecule has 1 amide bonds. The van der Waals surface area contributed by atoms with Crippen molar-refractivity contribution in [1.82, 2.24) is 15.2 Å². The zero-order valence-corrected chi connectivity index (χ0v) is 18.7. The molecule has 32 heavy (non-hydrogen) atoms. The molecular formula is C25H25N3O3S. The van der Waals surface area contributed by atoms with Crippen molar-refractivity contribution in [2.75, 3.05) is 26.7 Å². The Kier molecular flexibility index (Phi) is 5.92. The van der Waals surface area contributed by atoms with E-state index in [1.165, 1.54) is 18.4 Å². The molecule has 1 N–H and O–H groups in total. The van der Waals surface area contributed by atoms with Crippen LogP contribution in [0.15, 0.2) is 65.1 Å². The smallest absolute Gasteiger partial charge is 0.287 e. The number of amides is 1. The van der Waals surface area contributed by atoms with Crippen molar-refractivity contribution in [3.8, 4) is 16.5 Å². The molecule has 0 saturated carbocycles. The summed E-state index contributed by atoms with van der Waals surface area (Å²) in [4.78, 5) is 19.9. The molecule has 0 spiro atoms. The van der Waals surface area contributed by atoms with Crippen LogP contribution in [0.2, 0.25) is 0 Å². The van der Waals surface area contributed by atoms with Gasteiger partial charge in [0.2, 0.25) is 0 Å². The Hall–Kier alpha value is -3.16. The minimum atomic E-state index is -0.213. The number of methoxy groups -OCH3 is 1. The van der Waals surface area contributed by atoms with Gasteiger partial charge in [-0.15, -0.1) is 11.3 Å². The topological polar surface area (TPSA) is 67.6 Å². The fourth-order valence-electron chi connectivity index (χ4n) is 4.17. The summed E-state index contributed by atoms with van der Waals surface area (Å²) in [6.07, 6.45) is 2.37. The van der Waals surface area contributed by atoms with E-state index in [9.17, 15) is 4.79 Å². The van der Waals surface area contributed by atoms with E-state index in [2.05, 4.69) is 27.3 Å². The van der Waals surface area contributed by atoms with Gasteiger partial charge in [0.25, 0.3) is 5.91 Å². The van der Waals surface area contributed by atoms with Crippen LogP contribution in [0.3, 0.4) is 0 Å². The average Bonchev–Trinajstić information content (AvgIpc) is 3.60. The fraction of sp³-hybridized carbons (Fsp3) is 0.280. The number of likely N-dealkylation sites (tertiary alicyclic amines) is 1. The predicted molar refractivity (Wildman–Crippen MR) is 126 cm³/mol. The lowest BCUT2D eigenvalue weighted by atomic mass is 10.1. The summed E-state index contributed by atoms with van der Waals surface area (Å²) in [7, 11) is 1.67. The van der Waals surface area contributed by atoms with Crippen LogP contribution in [0.1, 0.15) is 35.0 Å². The van der Waals surface area contributed by atoms with Gasteiger partial charge in [0.15, 0.2) is 16.5 Å². The number of nitrogens with one attached hydrogen (secondary N) is 1. The largest absolute Gasteiger partial charge is 0.497 e. The molecule has 4 aromatic rings. The van der Waals surface area contributed by atoms with Gasteiger partial charge >= 0.3 is 0 Å². The Morgan fingerprint density at radius 1 is 1.12 bits per heavy atom. The number of rotatable bonds is 7. The number of thiazole rings is 1. The molecule has 1 fully saturated rings. The molecule has 0 radical (unpaired) electrons. The molecule has 1 aliphatic heterocycles. The number of aromatic nitrogens is 1. The molecule has 0 unspecified atom stereocenters. The SMILES string of the molecule is COc1ccc([C@H](CNC(=O)c2ccc(-c3nc4ccccc4s3)o2)N2CCCC2)cc1. The number of fused-ring (bicyclic) bond motifs is 1. The Morgan fingerprint density at radius 2 is 1.91 bits per heavy atom. The minimum Gasteiger partial charge on any atom is -0.497 e. The number of nitrogens with zero attached hydrogens (tertiary/aromatic N) is 2. The Bertz CT molecular complexity index is 1180. The van der Waals surface area contributed by atoms with Crippen molar-refractivity contribution in [1.29, 1.82) is 0 Å². The first kappa shape index (κ1) is 20.7. The third-order valence-corrected chi connectivity index (χ3v) is 6.92. The zero-order chi connectivity index (χ0) is 21.9. The van der Waals surface area contributed by atoms with Gasteiger partial charge in [-0.2, -0.15) is 0 Å². The molecule has 2 aromatic heterocycles. The normalized spacial score (nSPS) is 15.2. The molecule has 5 rings (SSSR count). The summed E-state index contributed by atoms with van der Waals surface area (Å²) >= 11 is 1.56. The van der Waals surface area contributed by atoms with Crippen LogP contribution in [-0.2, 0) is 0 Å². The molecule has 0 bridgehead atoms. The number of hydrogen-bond donors (Lipinski definition) is 1. The number of ether oxygens (including phenoxy) is 1. The summed E-state index contributed by atoms with van der Waals surface area (Å²) in [5.41, 5.74) is 2.10. The lowest BCUT2D eigenvalue weighted by Gasteiger charge is -2.28. The Morgan fingerprint density at radius 3 is 2.66 bits per heavy atom. The highest BCUT2D eigenvalue weighted by Gasteiger charge is 2.25. The predicted octanol–water partition coefficient (Wildman–Crippen LogP) is 5.13. The monoisotopic (exact) mass is 447 g/mol. The van der Waals surface area contributed by atoms with Crippen LogP contribution < -0.4 is 10.1 Å². The first-order chi connectivity index (χ1) is 15.7. The lowest BCUT2D eigenvalue weighted by Crippen LogP contribution is -2.36. The second kappa shape index (κ2) is 9.14. The maximum Gasteiger partial charge on any atom is 0.287 e. The zero-order valence-electron chi connectivity index (χ0n) is 17.9. The van der Waals surface area contributed by atoms with Crippen molar-refractivity contribution in [2.24, 2.45) is 0 Å². The van der Waals surface area contributed by atoms with E-state index < -0.39 is 0 Å². The molecule has 1 aliphatic rings.